The number of carbonyl (C=O) groups is 1. The lowest BCUT2D eigenvalue weighted by atomic mass is 10.1. The van der Waals surface area contributed by atoms with Gasteiger partial charge in [0.05, 0.1) is 12.8 Å². The van der Waals surface area contributed by atoms with Gasteiger partial charge in [-0.3, -0.25) is 10.2 Å². The standard InChI is InChI=1S/C16H22N4O2/c21-16(20-7-5-19(6-8-20)13-3-4-13)18-15-10-12-2-1-9-22-14(12)11-17-15/h10-11,13H,1-9H2,(H,17,18,21). The van der Waals surface area contributed by atoms with Crippen LogP contribution in [0.5, 0.6) is 5.75 Å². The topological polar surface area (TPSA) is 57.7 Å². The molecule has 0 atom stereocenters. The zero-order valence-corrected chi connectivity index (χ0v) is 12.8. The molecule has 6 heteroatoms. The Hall–Kier alpha value is -1.82. The molecule has 1 N–H and O–H groups in total. The van der Waals surface area contributed by atoms with Crippen LogP contribution in [-0.4, -0.2) is 59.6 Å². The maximum atomic E-state index is 12.4. The fraction of sp³-hybridized carbons (Fsp3) is 0.625. The summed E-state index contributed by atoms with van der Waals surface area (Å²) in [5, 5.41) is 2.92. The minimum Gasteiger partial charge on any atom is -0.492 e. The predicted octanol–water partition coefficient (Wildman–Crippen LogP) is 1.72. The zero-order chi connectivity index (χ0) is 14.9. The van der Waals surface area contributed by atoms with Gasteiger partial charge in [-0.2, -0.15) is 0 Å². The number of rotatable bonds is 2. The van der Waals surface area contributed by atoms with Crippen LogP contribution >= 0.6 is 0 Å². The number of hydrogen-bond donors (Lipinski definition) is 1. The molecule has 2 aliphatic heterocycles. The van der Waals surface area contributed by atoms with E-state index in [9.17, 15) is 4.79 Å². The minimum absolute atomic E-state index is 0.0420. The van der Waals surface area contributed by atoms with Gasteiger partial charge in [-0.05, 0) is 37.3 Å². The summed E-state index contributed by atoms with van der Waals surface area (Å²) in [5.74, 6) is 1.47. The lowest BCUT2D eigenvalue weighted by Gasteiger charge is -2.34. The molecule has 4 rings (SSSR count). The van der Waals surface area contributed by atoms with Crippen LogP contribution in [-0.2, 0) is 6.42 Å². The van der Waals surface area contributed by atoms with Gasteiger partial charge in [-0.1, -0.05) is 0 Å². The Morgan fingerprint density at radius 3 is 2.86 bits per heavy atom. The zero-order valence-electron chi connectivity index (χ0n) is 12.8. The molecule has 1 aliphatic carbocycles. The molecule has 0 spiro atoms. The maximum Gasteiger partial charge on any atom is 0.323 e. The van der Waals surface area contributed by atoms with Gasteiger partial charge >= 0.3 is 6.03 Å². The van der Waals surface area contributed by atoms with Crippen molar-refractivity contribution in [1.82, 2.24) is 14.8 Å². The lowest BCUT2D eigenvalue weighted by molar-refractivity contribution is 0.142. The number of hydrogen-bond acceptors (Lipinski definition) is 4. The van der Waals surface area contributed by atoms with Crippen LogP contribution in [0.1, 0.15) is 24.8 Å². The van der Waals surface area contributed by atoms with Crippen molar-refractivity contribution in [3.63, 3.8) is 0 Å². The summed E-state index contributed by atoms with van der Waals surface area (Å²) in [6, 6.07) is 2.68. The van der Waals surface area contributed by atoms with E-state index in [1.54, 1.807) is 6.20 Å². The first-order chi connectivity index (χ1) is 10.8. The number of fused-ring (bicyclic) bond motifs is 1. The maximum absolute atomic E-state index is 12.4. The first kappa shape index (κ1) is 13.8. The number of aromatic nitrogens is 1. The highest BCUT2D eigenvalue weighted by atomic mass is 16.5. The summed E-state index contributed by atoms with van der Waals surface area (Å²) in [6.07, 6.45) is 6.38. The van der Waals surface area contributed by atoms with Gasteiger partial charge in [0.2, 0.25) is 0 Å². The number of amides is 2. The molecule has 0 aromatic carbocycles. The summed E-state index contributed by atoms with van der Waals surface area (Å²) in [7, 11) is 0. The third-order valence-electron chi connectivity index (χ3n) is 4.70. The van der Waals surface area contributed by atoms with E-state index in [-0.39, 0.29) is 6.03 Å². The normalized spacial score (nSPS) is 21.9. The van der Waals surface area contributed by atoms with Gasteiger partial charge in [0.1, 0.15) is 11.6 Å². The largest absolute Gasteiger partial charge is 0.492 e. The third kappa shape index (κ3) is 2.88. The number of carbonyl (C=O) groups excluding carboxylic acids is 1. The van der Waals surface area contributed by atoms with Crippen LogP contribution in [0, 0.1) is 0 Å². The van der Waals surface area contributed by atoms with Crippen molar-refractivity contribution < 1.29 is 9.53 Å². The quantitative estimate of drug-likeness (QED) is 0.904. The number of nitrogens with zero attached hydrogens (tertiary/aromatic N) is 3. The SMILES string of the molecule is O=C(Nc1cc2c(cn1)OCCC2)N1CCN(C2CC2)CC1. The van der Waals surface area contributed by atoms with Crippen molar-refractivity contribution >= 4 is 11.8 Å². The van der Waals surface area contributed by atoms with E-state index >= 15 is 0 Å². The monoisotopic (exact) mass is 302 g/mol. The third-order valence-corrected chi connectivity index (χ3v) is 4.70. The molecule has 0 unspecified atom stereocenters. The van der Waals surface area contributed by atoms with E-state index in [2.05, 4.69) is 15.2 Å². The van der Waals surface area contributed by atoms with Crippen molar-refractivity contribution in [3.8, 4) is 5.75 Å². The Morgan fingerprint density at radius 2 is 2.09 bits per heavy atom. The highest BCUT2D eigenvalue weighted by molar-refractivity contribution is 5.88. The number of nitrogens with one attached hydrogen (secondary N) is 1. The summed E-state index contributed by atoms with van der Waals surface area (Å²) < 4.78 is 5.55. The van der Waals surface area contributed by atoms with Gasteiger partial charge in [0, 0.05) is 32.2 Å². The van der Waals surface area contributed by atoms with E-state index in [0.29, 0.717) is 5.82 Å². The molecule has 22 heavy (non-hydrogen) atoms. The van der Waals surface area contributed by atoms with Crippen LogP contribution in [0.2, 0.25) is 0 Å². The molecule has 118 valence electrons. The minimum atomic E-state index is -0.0420. The second-order valence-corrected chi connectivity index (χ2v) is 6.31. The Morgan fingerprint density at radius 1 is 1.27 bits per heavy atom. The van der Waals surface area contributed by atoms with Crippen molar-refractivity contribution in [2.24, 2.45) is 0 Å². The predicted molar refractivity (Wildman–Crippen MR) is 83.2 cm³/mol. The molecule has 1 saturated heterocycles. The Kier molecular flexibility index (Phi) is 3.62. The van der Waals surface area contributed by atoms with Crippen molar-refractivity contribution in [1.29, 1.82) is 0 Å². The number of aryl methyl sites for hydroxylation is 1. The smallest absolute Gasteiger partial charge is 0.323 e. The summed E-state index contributed by atoms with van der Waals surface area (Å²) in [5.41, 5.74) is 1.13. The second-order valence-electron chi connectivity index (χ2n) is 6.31. The molecule has 1 aromatic rings. The number of urea groups is 1. The molecule has 6 nitrogen and oxygen atoms in total. The van der Waals surface area contributed by atoms with Crippen LogP contribution < -0.4 is 10.1 Å². The Balaban J connectivity index is 1.35. The summed E-state index contributed by atoms with van der Waals surface area (Å²) >= 11 is 0. The van der Waals surface area contributed by atoms with Gasteiger partial charge in [0.15, 0.2) is 0 Å². The highest BCUT2D eigenvalue weighted by Gasteiger charge is 2.32. The Labute approximate surface area is 130 Å². The molecular formula is C16H22N4O2. The summed E-state index contributed by atoms with van der Waals surface area (Å²) in [4.78, 5) is 21.0. The van der Waals surface area contributed by atoms with Crippen LogP contribution in [0.15, 0.2) is 12.3 Å². The number of piperazine rings is 1. The molecular weight excluding hydrogens is 280 g/mol. The molecule has 2 fully saturated rings. The van der Waals surface area contributed by atoms with Gasteiger partial charge in [0.25, 0.3) is 0 Å². The molecule has 1 aromatic heterocycles. The Bertz CT molecular complexity index is 565. The molecule has 0 bridgehead atoms. The van der Waals surface area contributed by atoms with Crippen molar-refractivity contribution in [3.05, 3.63) is 17.8 Å². The van der Waals surface area contributed by atoms with Crippen LogP contribution in [0.3, 0.4) is 0 Å². The molecule has 0 radical (unpaired) electrons. The van der Waals surface area contributed by atoms with E-state index in [0.717, 1.165) is 63.0 Å². The molecule has 3 heterocycles. The highest BCUT2D eigenvalue weighted by Crippen LogP contribution is 2.28. The van der Waals surface area contributed by atoms with Crippen molar-refractivity contribution in [2.75, 3.05) is 38.1 Å². The first-order valence-electron chi connectivity index (χ1n) is 8.21. The van der Waals surface area contributed by atoms with E-state index < -0.39 is 0 Å². The van der Waals surface area contributed by atoms with Crippen LogP contribution in [0.25, 0.3) is 0 Å². The summed E-state index contributed by atoms with van der Waals surface area (Å²) in [6.45, 7) is 4.34. The van der Waals surface area contributed by atoms with Gasteiger partial charge in [-0.25, -0.2) is 9.78 Å². The number of ether oxygens (including phenoxy) is 1. The van der Waals surface area contributed by atoms with Crippen LogP contribution in [0.4, 0.5) is 10.6 Å². The van der Waals surface area contributed by atoms with Gasteiger partial charge in [-0.15, -0.1) is 0 Å². The average molecular weight is 302 g/mol. The number of pyridine rings is 1. The van der Waals surface area contributed by atoms with E-state index in [4.69, 9.17) is 4.74 Å². The molecule has 1 saturated carbocycles. The molecule has 2 amide bonds. The van der Waals surface area contributed by atoms with Crippen molar-refractivity contribution in [2.45, 2.75) is 31.7 Å². The fourth-order valence-corrected chi connectivity index (χ4v) is 3.24. The fourth-order valence-electron chi connectivity index (χ4n) is 3.24. The first-order valence-corrected chi connectivity index (χ1v) is 8.21. The lowest BCUT2D eigenvalue weighted by Crippen LogP contribution is -2.50. The average Bonchev–Trinajstić information content (AvgIpc) is 3.40. The molecule has 3 aliphatic rings. The number of anilines is 1. The van der Waals surface area contributed by atoms with E-state index in [1.165, 1.54) is 12.8 Å². The van der Waals surface area contributed by atoms with E-state index in [1.807, 2.05) is 11.0 Å². The second kappa shape index (κ2) is 5.76. The van der Waals surface area contributed by atoms with Gasteiger partial charge < -0.3 is 9.64 Å².